The molecule has 0 aliphatic heterocycles. The van der Waals surface area contributed by atoms with Crippen molar-refractivity contribution in [3.05, 3.63) is 85.2 Å². The van der Waals surface area contributed by atoms with Gasteiger partial charge in [0.25, 0.3) is 0 Å². The third kappa shape index (κ3) is 4.17. The first-order valence-corrected chi connectivity index (χ1v) is 9.62. The van der Waals surface area contributed by atoms with Crippen LogP contribution in [0.4, 0.5) is 0 Å². The topological polar surface area (TPSA) is 52.8 Å². The van der Waals surface area contributed by atoms with Gasteiger partial charge in [-0.05, 0) is 36.4 Å². The van der Waals surface area contributed by atoms with Crippen LogP contribution in [-0.4, -0.2) is 32.1 Å². The zero-order valence-corrected chi connectivity index (χ0v) is 15.4. The lowest BCUT2D eigenvalue weighted by molar-refractivity contribution is 0.344. The number of rotatable bonds is 7. The summed E-state index contributed by atoms with van der Waals surface area (Å²) in [6, 6.07) is 23.8. The zero-order valence-electron chi connectivity index (χ0n) is 14.6. The molecule has 2 heterocycles. The van der Waals surface area contributed by atoms with Crippen molar-refractivity contribution in [2.24, 2.45) is 0 Å². The molecule has 5 nitrogen and oxygen atoms in total. The first kappa shape index (κ1) is 17.3. The van der Waals surface area contributed by atoms with E-state index in [-0.39, 0.29) is 0 Å². The molecule has 0 aliphatic carbocycles. The van der Waals surface area contributed by atoms with Gasteiger partial charge >= 0.3 is 0 Å². The summed E-state index contributed by atoms with van der Waals surface area (Å²) in [5.41, 5.74) is 2.01. The van der Waals surface area contributed by atoms with E-state index in [1.54, 1.807) is 24.2 Å². The lowest BCUT2D eigenvalue weighted by Gasteiger charge is -2.10. The van der Waals surface area contributed by atoms with E-state index in [9.17, 15) is 0 Å². The quantitative estimate of drug-likeness (QED) is 0.352. The number of hydrogen-bond acceptors (Lipinski definition) is 5. The minimum atomic E-state index is 0.598. The van der Waals surface area contributed by atoms with Crippen LogP contribution in [0.2, 0.25) is 0 Å². The number of ether oxygens (including phenoxy) is 1. The first-order valence-electron chi connectivity index (χ1n) is 8.64. The molecule has 0 amide bonds. The van der Waals surface area contributed by atoms with Gasteiger partial charge in [0.1, 0.15) is 5.75 Å². The summed E-state index contributed by atoms with van der Waals surface area (Å²) >= 11 is 1.63. The summed E-state index contributed by atoms with van der Waals surface area (Å²) in [5.74, 6) is 2.45. The minimum absolute atomic E-state index is 0.598. The van der Waals surface area contributed by atoms with Gasteiger partial charge in [0.15, 0.2) is 11.0 Å². The Kier molecular flexibility index (Phi) is 5.45. The highest BCUT2D eigenvalue weighted by molar-refractivity contribution is 7.99. The molecule has 27 heavy (non-hydrogen) atoms. The van der Waals surface area contributed by atoms with Gasteiger partial charge in [-0.15, -0.1) is 10.2 Å². The second kappa shape index (κ2) is 8.51. The van der Waals surface area contributed by atoms with Crippen LogP contribution in [-0.2, 0) is 0 Å². The van der Waals surface area contributed by atoms with Crippen molar-refractivity contribution in [2.75, 3.05) is 12.4 Å². The molecule has 0 aliphatic rings. The highest BCUT2D eigenvalue weighted by Crippen LogP contribution is 2.27. The zero-order chi connectivity index (χ0) is 18.3. The van der Waals surface area contributed by atoms with Crippen LogP contribution in [0.3, 0.4) is 0 Å². The molecule has 6 heteroatoms. The first-order chi connectivity index (χ1) is 13.4. The van der Waals surface area contributed by atoms with Crippen molar-refractivity contribution in [3.63, 3.8) is 0 Å². The lowest BCUT2D eigenvalue weighted by atomic mass is 10.2. The second-order valence-electron chi connectivity index (χ2n) is 5.72. The number of aromatic nitrogens is 4. The van der Waals surface area contributed by atoms with Gasteiger partial charge in [-0.1, -0.05) is 48.2 Å². The van der Waals surface area contributed by atoms with Crippen molar-refractivity contribution in [3.8, 4) is 22.8 Å². The average Bonchev–Trinajstić information content (AvgIpc) is 3.17. The molecule has 0 bridgehead atoms. The summed E-state index contributed by atoms with van der Waals surface area (Å²) in [6.45, 7) is 0.598. The molecule has 4 aromatic rings. The number of nitrogens with zero attached hydrogens (tertiary/aromatic N) is 4. The van der Waals surface area contributed by atoms with Gasteiger partial charge in [0.2, 0.25) is 0 Å². The molecule has 2 aromatic heterocycles. The van der Waals surface area contributed by atoms with E-state index in [0.717, 1.165) is 33.7 Å². The van der Waals surface area contributed by atoms with Crippen molar-refractivity contribution in [2.45, 2.75) is 5.16 Å². The Labute approximate surface area is 162 Å². The number of para-hydroxylation sites is 2. The summed E-state index contributed by atoms with van der Waals surface area (Å²) in [7, 11) is 0. The molecule has 0 unspecified atom stereocenters. The molecular formula is C21H18N4OS. The molecule has 134 valence electrons. The molecule has 4 rings (SSSR count). The molecule has 0 atom stereocenters. The third-order valence-corrected chi connectivity index (χ3v) is 4.81. The molecule has 2 aromatic carbocycles. The Bertz CT molecular complexity index is 975. The summed E-state index contributed by atoms with van der Waals surface area (Å²) in [6.07, 6.45) is 3.53. The molecule has 0 fully saturated rings. The molecule has 0 radical (unpaired) electrons. The van der Waals surface area contributed by atoms with E-state index in [0.29, 0.717) is 6.61 Å². The van der Waals surface area contributed by atoms with E-state index in [1.807, 2.05) is 60.7 Å². The Morgan fingerprint density at radius 3 is 2.26 bits per heavy atom. The van der Waals surface area contributed by atoms with Crippen LogP contribution in [0.25, 0.3) is 17.1 Å². The van der Waals surface area contributed by atoms with Crippen LogP contribution in [0, 0.1) is 0 Å². The van der Waals surface area contributed by atoms with E-state index < -0.39 is 0 Å². The predicted molar refractivity (Wildman–Crippen MR) is 107 cm³/mol. The van der Waals surface area contributed by atoms with Crippen LogP contribution < -0.4 is 4.74 Å². The highest BCUT2D eigenvalue weighted by atomic mass is 32.2. The Hall–Kier alpha value is -3.12. The highest BCUT2D eigenvalue weighted by Gasteiger charge is 2.15. The SMILES string of the molecule is c1ccc(OCCSc2nnc(-c3ccncc3)n2-c2ccccc2)cc1. The van der Waals surface area contributed by atoms with Crippen molar-refractivity contribution in [1.82, 2.24) is 19.7 Å². The van der Waals surface area contributed by atoms with Crippen LogP contribution in [0.5, 0.6) is 5.75 Å². The fraction of sp³-hybridized carbons (Fsp3) is 0.0952. The van der Waals surface area contributed by atoms with Gasteiger partial charge in [0.05, 0.1) is 6.61 Å². The third-order valence-electron chi connectivity index (χ3n) is 3.91. The van der Waals surface area contributed by atoms with E-state index in [2.05, 4.69) is 31.9 Å². The van der Waals surface area contributed by atoms with Crippen molar-refractivity contribution >= 4 is 11.8 Å². The van der Waals surface area contributed by atoms with Gasteiger partial charge < -0.3 is 4.74 Å². The van der Waals surface area contributed by atoms with E-state index in [1.165, 1.54) is 0 Å². The molecule has 0 saturated carbocycles. The monoisotopic (exact) mass is 374 g/mol. The summed E-state index contributed by atoms with van der Waals surface area (Å²) in [5, 5.41) is 9.67. The fourth-order valence-electron chi connectivity index (χ4n) is 2.67. The van der Waals surface area contributed by atoms with Crippen molar-refractivity contribution < 1.29 is 4.74 Å². The molecule has 0 N–H and O–H groups in total. The van der Waals surface area contributed by atoms with E-state index in [4.69, 9.17) is 4.74 Å². The minimum Gasteiger partial charge on any atom is -0.493 e. The summed E-state index contributed by atoms with van der Waals surface area (Å²) < 4.78 is 7.85. The van der Waals surface area contributed by atoms with Crippen LogP contribution in [0.1, 0.15) is 0 Å². The van der Waals surface area contributed by atoms with Gasteiger partial charge in [0, 0.05) is 29.4 Å². The largest absolute Gasteiger partial charge is 0.493 e. The normalized spacial score (nSPS) is 10.7. The smallest absolute Gasteiger partial charge is 0.196 e. The van der Waals surface area contributed by atoms with Crippen molar-refractivity contribution in [1.29, 1.82) is 0 Å². The van der Waals surface area contributed by atoms with Crippen LogP contribution >= 0.6 is 11.8 Å². The maximum atomic E-state index is 5.78. The standard InChI is InChI=1S/C21H18N4OS/c1-3-7-18(8-4-1)25-20(17-11-13-22-14-12-17)23-24-21(25)27-16-15-26-19-9-5-2-6-10-19/h1-14H,15-16H2. The number of thioether (sulfide) groups is 1. The predicted octanol–water partition coefficient (Wildman–Crippen LogP) is 4.50. The lowest BCUT2D eigenvalue weighted by Crippen LogP contribution is -2.03. The fourth-order valence-corrected chi connectivity index (χ4v) is 3.44. The summed E-state index contributed by atoms with van der Waals surface area (Å²) in [4.78, 5) is 4.09. The van der Waals surface area contributed by atoms with Gasteiger partial charge in [-0.3, -0.25) is 9.55 Å². The maximum absolute atomic E-state index is 5.78. The number of hydrogen-bond donors (Lipinski definition) is 0. The molecular weight excluding hydrogens is 356 g/mol. The average molecular weight is 374 g/mol. The Balaban J connectivity index is 1.55. The number of benzene rings is 2. The maximum Gasteiger partial charge on any atom is 0.196 e. The molecule has 0 saturated heterocycles. The second-order valence-corrected chi connectivity index (χ2v) is 6.79. The van der Waals surface area contributed by atoms with E-state index >= 15 is 0 Å². The van der Waals surface area contributed by atoms with Gasteiger partial charge in [-0.2, -0.15) is 0 Å². The Morgan fingerprint density at radius 1 is 0.815 bits per heavy atom. The Morgan fingerprint density at radius 2 is 1.52 bits per heavy atom. The van der Waals surface area contributed by atoms with Gasteiger partial charge in [-0.25, -0.2) is 0 Å². The number of pyridine rings is 1. The van der Waals surface area contributed by atoms with Crippen LogP contribution in [0.15, 0.2) is 90.3 Å². The molecule has 0 spiro atoms.